The molecular weight excluding hydrogens is 286 g/mol. The number of benzene rings is 1. The second-order valence-corrected chi connectivity index (χ2v) is 5.25. The zero-order valence-corrected chi connectivity index (χ0v) is 12.5. The summed E-state index contributed by atoms with van der Waals surface area (Å²) in [6.45, 7) is 3.78. The second kappa shape index (κ2) is 6.62. The van der Waals surface area contributed by atoms with Gasteiger partial charge >= 0.3 is 11.6 Å². The lowest BCUT2D eigenvalue weighted by Gasteiger charge is -2.15. The average molecular weight is 305 g/mol. The quantitative estimate of drug-likeness (QED) is 0.707. The van der Waals surface area contributed by atoms with Gasteiger partial charge in [-0.3, -0.25) is 4.79 Å². The molecule has 1 heterocycles. The molecule has 2 rings (SSSR count). The fourth-order valence-corrected chi connectivity index (χ4v) is 2.43. The highest BCUT2D eigenvalue weighted by molar-refractivity contribution is 5.85. The number of carboxylic acid groups (broad SMARTS) is 1. The number of rotatable bonds is 6. The Hall–Kier alpha value is -2.34. The highest BCUT2D eigenvalue weighted by Gasteiger charge is 2.18. The third kappa shape index (κ3) is 3.28. The first-order chi connectivity index (χ1) is 10.4. The molecule has 1 aromatic heterocycles. The molecule has 0 bridgehead atoms. The number of carbonyl (C=O) groups is 1. The minimum absolute atomic E-state index is 0.0330. The van der Waals surface area contributed by atoms with Crippen LogP contribution in [0.2, 0.25) is 0 Å². The van der Waals surface area contributed by atoms with E-state index in [1.165, 1.54) is 12.1 Å². The molecule has 1 aromatic carbocycles. The Morgan fingerprint density at radius 1 is 1.41 bits per heavy atom. The van der Waals surface area contributed by atoms with Crippen molar-refractivity contribution in [2.24, 2.45) is 0 Å². The number of phenolic OH excluding ortho intramolecular Hbond substituents is 1. The maximum absolute atomic E-state index is 11.6. The Balaban J connectivity index is 2.40. The first kappa shape index (κ1) is 16.0. The topological polar surface area (TPSA) is 99.8 Å². The van der Waals surface area contributed by atoms with Gasteiger partial charge in [-0.1, -0.05) is 13.3 Å². The van der Waals surface area contributed by atoms with Crippen molar-refractivity contribution in [3.63, 3.8) is 0 Å². The number of aromatic hydroxyl groups is 1. The molecule has 118 valence electrons. The Kier molecular flexibility index (Phi) is 4.82. The predicted octanol–water partition coefficient (Wildman–Crippen LogP) is 2.15. The van der Waals surface area contributed by atoms with Crippen molar-refractivity contribution in [3.8, 4) is 5.75 Å². The molecule has 0 saturated carbocycles. The standard InChI is InChI=1S/C16H19NO5/c1-3-4-12(16(20)21)17-8-11-13(18)6-5-10-9(2)7-14(19)22-15(10)11/h5-7,12,17-18H,3-4,8H2,1-2H3,(H,20,21). The zero-order chi connectivity index (χ0) is 16.3. The molecule has 0 spiro atoms. The van der Waals surface area contributed by atoms with Crippen LogP contribution < -0.4 is 10.9 Å². The van der Waals surface area contributed by atoms with Crippen molar-refractivity contribution in [1.29, 1.82) is 0 Å². The van der Waals surface area contributed by atoms with Crippen LogP contribution in [0.25, 0.3) is 11.0 Å². The molecule has 3 N–H and O–H groups in total. The van der Waals surface area contributed by atoms with E-state index < -0.39 is 17.6 Å². The molecular formula is C16H19NO5. The van der Waals surface area contributed by atoms with Gasteiger partial charge in [0.1, 0.15) is 17.4 Å². The van der Waals surface area contributed by atoms with Gasteiger partial charge in [0.15, 0.2) is 0 Å². The summed E-state index contributed by atoms with van der Waals surface area (Å²) in [6, 6.07) is 3.86. The van der Waals surface area contributed by atoms with E-state index in [0.29, 0.717) is 12.0 Å². The number of phenols is 1. The van der Waals surface area contributed by atoms with Crippen molar-refractivity contribution in [1.82, 2.24) is 5.32 Å². The monoisotopic (exact) mass is 305 g/mol. The molecule has 0 aliphatic carbocycles. The van der Waals surface area contributed by atoms with Gasteiger partial charge in [0.05, 0.1) is 5.56 Å². The molecule has 0 saturated heterocycles. The second-order valence-electron chi connectivity index (χ2n) is 5.25. The Morgan fingerprint density at radius 3 is 2.77 bits per heavy atom. The molecule has 0 aliphatic heterocycles. The highest BCUT2D eigenvalue weighted by Crippen LogP contribution is 2.28. The van der Waals surface area contributed by atoms with Crippen LogP contribution in [0, 0.1) is 6.92 Å². The number of hydrogen-bond acceptors (Lipinski definition) is 5. The lowest BCUT2D eigenvalue weighted by Crippen LogP contribution is -2.36. The molecule has 6 heteroatoms. The number of fused-ring (bicyclic) bond motifs is 1. The largest absolute Gasteiger partial charge is 0.507 e. The fraction of sp³-hybridized carbons (Fsp3) is 0.375. The summed E-state index contributed by atoms with van der Waals surface area (Å²) < 4.78 is 5.20. The number of aliphatic carboxylic acids is 1. The smallest absolute Gasteiger partial charge is 0.336 e. The van der Waals surface area contributed by atoms with Gasteiger partial charge in [-0.15, -0.1) is 0 Å². The van der Waals surface area contributed by atoms with Crippen LogP contribution in [0.15, 0.2) is 27.4 Å². The minimum Gasteiger partial charge on any atom is -0.507 e. The fourth-order valence-electron chi connectivity index (χ4n) is 2.43. The number of carboxylic acids is 1. The molecule has 0 aliphatic rings. The van der Waals surface area contributed by atoms with E-state index in [1.54, 1.807) is 13.0 Å². The van der Waals surface area contributed by atoms with Crippen molar-refractivity contribution in [2.45, 2.75) is 39.3 Å². The summed E-state index contributed by atoms with van der Waals surface area (Å²) in [5.74, 6) is -0.978. The maximum atomic E-state index is 11.6. The van der Waals surface area contributed by atoms with Gasteiger partial charge in [-0.2, -0.15) is 0 Å². The molecule has 0 radical (unpaired) electrons. The minimum atomic E-state index is -0.945. The summed E-state index contributed by atoms with van der Waals surface area (Å²) in [6.07, 6.45) is 1.20. The van der Waals surface area contributed by atoms with Crippen LogP contribution in [0.3, 0.4) is 0 Å². The molecule has 0 amide bonds. The summed E-state index contributed by atoms with van der Waals surface area (Å²) in [4.78, 5) is 22.7. The van der Waals surface area contributed by atoms with Gasteiger partial charge < -0.3 is 19.9 Å². The van der Waals surface area contributed by atoms with Gasteiger partial charge in [-0.25, -0.2) is 4.79 Å². The van der Waals surface area contributed by atoms with Crippen molar-refractivity contribution in [2.75, 3.05) is 0 Å². The van der Waals surface area contributed by atoms with Gasteiger partial charge in [0.25, 0.3) is 0 Å². The number of nitrogens with one attached hydrogen (secondary N) is 1. The van der Waals surface area contributed by atoms with Crippen LogP contribution in [-0.2, 0) is 11.3 Å². The first-order valence-electron chi connectivity index (χ1n) is 7.15. The molecule has 1 atom stereocenters. The highest BCUT2D eigenvalue weighted by atomic mass is 16.4. The summed E-state index contributed by atoms with van der Waals surface area (Å²) >= 11 is 0. The third-order valence-corrected chi connectivity index (χ3v) is 3.60. The number of aryl methyl sites for hydroxylation is 1. The van der Waals surface area contributed by atoms with Gasteiger partial charge in [-0.05, 0) is 31.0 Å². The van der Waals surface area contributed by atoms with Crippen LogP contribution in [-0.4, -0.2) is 22.2 Å². The zero-order valence-electron chi connectivity index (χ0n) is 12.5. The van der Waals surface area contributed by atoms with Crippen molar-refractivity contribution < 1.29 is 19.4 Å². The maximum Gasteiger partial charge on any atom is 0.336 e. The van der Waals surface area contributed by atoms with Gasteiger partial charge in [0, 0.05) is 18.0 Å². The van der Waals surface area contributed by atoms with Crippen molar-refractivity contribution >= 4 is 16.9 Å². The Labute approximate surface area is 127 Å². The third-order valence-electron chi connectivity index (χ3n) is 3.60. The number of hydrogen-bond donors (Lipinski definition) is 3. The molecule has 0 fully saturated rings. The Bertz CT molecular complexity index is 750. The molecule has 1 unspecified atom stereocenters. The van der Waals surface area contributed by atoms with Crippen molar-refractivity contribution in [3.05, 3.63) is 39.7 Å². The van der Waals surface area contributed by atoms with E-state index in [4.69, 9.17) is 9.52 Å². The van der Waals surface area contributed by atoms with E-state index in [-0.39, 0.29) is 17.9 Å². The van der Waals surface area contributed by atoms with Crippen LogP contribution in [0.4, 0.5) is 0 Å². The lowest BCUT2D eigenvalue weighted by atomic mass is 10.1. The SMILES string of the molecule is CCCC(NCc1c(O)ccc2c(C)cc(=O)oc12)C(=O)O. The van der Waals surface area contributed by atoms with E-state index in [1.807, 2.05) is 6.92 Å². The molecule has 2 aromatic rings. The normalized spacial score (nSPS) is 12.5. The van der Waals surface area contributed by atoms with E-state index in [0.717, 1.165) is 17.4 Å². The van der Waals surface area contributed by atoms with Gasteiger partial charge in [0.2, 0.25) is 0 Å². The molecule has 6 nitrogen and oxygen atoms in total. The van der Waals surface area contributed by atoms with Crippen LogP contribution >= 0.6 is 0 Å². The lowest BCUT2D eigenvalue weighted by molar-refractivity contribution is -0.139. The summed E-state index contributed by atoms with van der Waals surface area (Å²) in [5, 5.41) is 22.8. The van der Waals surface area contributed by atoms with Crippen LogP contribution in [0.1, 0.15) is 30.9 Å². The van der Waals surface area contributed by atoms with Crippen LogP contribution in [0.5, 0.6) is 5.75 Å². The van der Waals surface area contributed by atoms with E-state index >= 15 is 0 Å². The summed E-state index contributed by atoms with van der Waals surface area (Å²) in [5.41, 5.74) is 0.926. The first-order valence-corrected chi connectivity index (χ1v) is 7.15. The average Bonchev–Trinajstić information content (AvgIpc) is 2.44. The Morgan fingerprint density at radius 2 is 2.14 bits per heavy atom. The van der Waals surface area contributed by atoms with E-state index in [2.05, 4.69) is 5.32 Å². The predicted molar refractivity (Wildman–Crippen MR) is 82.1 cm³/mol. The summed E-state index contributed by atoms with van der Waals surface area (Å²) in [7, 11) is 0. The van der Waals surface area contributed by atoms with E-state index in [9.17, 15) is 14.7 Å². The molecule has 22 heavy (non-hydrogen) atoms.